The van der Waals surface area contributed by atoms with E-state index in [1.165, 1.54) is 23.5 Å². The molecule has 3 rings (SSSR count). The predicted molar refractivity (Wildman–Crippen MR) is 90.4 cm³/mol. The lowest BCUT2D eigenvalue weighted by Crippen LogP contribution is -1.90. The summed E-state index contributed by atoms with van der Waals surface area (Å²) in [6.45, 7) is 0. The van der Waals surface area contributed by atoms with Crippen LogP contribution in [-0.2, 0) is 9.05 Å². The van der Waals surface area contributed by atoms with Gasteiger partial charge < -0.3 is 4.74 Å². The molecule has 0 fully saturated rings. The lowest BCUT2D eigenvalue weighted by atomic mass is 10.2. The molecule has 8 heteroatoms. The number of hydrogen-bond acceptors (Lipinski definition) is 6. The van der Waals surface area contributed by atoms with E-state index in [0.717, 1.165) is 21.1 Å². The third-order valence-electron chi connectivity index (χ3n) is 3.07. The maximum absolute atomic E-state index is 11.3. The average molecular weight is 367 g/mol. The number of benzene rings is 1. The van der Waals surface area contributed by atoms with Gasteiger partial charge in [0.15, 0.2) is 0 Å². The SMILES string of the molecule is COc1nc(-c2ccccn2)sc1-c1ccc(S(=O)(=O)Cl)cc1. The Morgan fingerprint density at radius 3 is 2.43 bits per heavy atom. The molecule has 0 bridgehead atoms. The number of hydrogen-bond donors (Lipinski definition) is 0. The molecule has 0 amide bonds. The molecule has 5 nitrogen and oxygen atoms in total. The topological polar surface area (TPSA) is 69.2 Å². The largest absolute Gasteiger partial charge is 0.480 e. The van der Waals surface area contributed by atoms with Gasteiger partial charge >= 0.3 is 0 Å². The van der Waals surface area contributed by atoms with E-state index in [4.69, 9.17) is 15.4 Å². The predicted octanol–water partition coefficient (Wildman–Crippen LogP) is 3.81. The zero-order valence-electron chi connectivity index (χ0n) is 11.9. The summed E-state index contributed by atoms with van der Waals surface area (Å²) in [6, 6.07) is 11.8. The minimum Gasteiger partial charge on any atom is -0.480 e. The summed E-state index contributed by atoms with van der Waals surface area (Å²) in [5.74, 6) is 0.470. The first-order valence-electron chi connectivity index (χ1n) is 6.50. The second-order valence-electron chi connectivity index (χ2n) is 4.53. The van der Waals surface area contributed by atoms with Crippen molar-refractivity contribution < 1.29 is 13.2 Å². The third kappa shape index (κ3) is 3.36. The van der Waals surface area contributed by atoms with Crippen LogP contribution in [0.4, 0.5) is 0 Å². The summed E-state index contributed by atoms with van der Waals surface area (Å²) in [5, 5.41) is 0.728. The van der Waals surface area contributed by atoms with Gasteiger partial charge in [0.1, 0.15) is 5.01 Å². The van der Waals surface area contributed by atoms with Crippen molar-refractivity contribution >= 4 is 31.1 Å². The Labute approximate surface area is 142 Å². The molecule has 0 atom stereocenters. The number of halogens is 1. The summed E-state index contributed by atoms with van der Waals surface area (Å²) < 4.78 is 28.0. The van der Waals surface area contributed by atoms with Crippen molar-refractivity contribution in [3.05, 3.63) is 48.7 Å². The first kappa shape index (κ1) is 15.9. The van der Waals surface area contributed by atoms with E-state index in [-0.39, 0.29) is 4.90 Å². The molecule has 0 N–H and O–H groups in total. The normalized spacial score (nSPS) is 11.4. The fourth-order valence-electron chi connectivity index (χ4n) is 1.99. The molecule has 0 saturated heterocycles. The van der Waals surface area contributed by atoms with Crippen molar-refractivity contribution in [3.63, 3.8) is 0 Å². The molecule has 3 aromatic rings. The Hall–Kier alpha value is -1.96. The van der Waals surface area contributed by atoms with Crippen LogP contribution in [0, 0.1) is 0 Å². The average Bonchev–Trinajstić information content (AvgIpc) is 2.99. The Morgan fingerprint density at radius 2 is 1.87 bits per heavy atom. The van der Waals surface area contributed by atoms with Gasteiger partial charge in [0.2, 0.25) is 5.88 Å². The molecule has 2 aromatic heterocycles. The fourth-order valence-corrected chi connectivity index (χ4v) is 3.78. The maximum atomic E-state index is 11.3. The van der Waals surface area contributed by atoms with Crippen LogP contribution in [0.3, 0.4) is 0 Å². The number of pyridine rings is 1. The summed E-state index contributed by atoms with van der Waals surface area (Å²) >= 11 is 1.42. The van der Waals surface area contributed by atoms with Crippen LogP contribution in [-0.4, -0.2) is 25.5 Å². The van der Waals surface area contributed by atoms with Crippen molar-refractivity contribution in [2.45, 2.75) is 4.90 Å². The quantitative estimate of drug-likeness (QED) is 0.657. The second-order valence-corrected chi connectivity index (χ2v) is 8.10. The molecule has 2 heterocycles. The number of thiazole rings is 1. The van der Waals surface area contributed by atoms with Crippen LogP contribution in [0.25, 0.3) is 21.1 Å². The maximum Gasteiger partial charge on any atom is 0.261 e. The van der Waals surface area contributed by atoms with Crippen LogP contribution in [0.1, 0.15) is 0 Å². The van der Waals surface area contributed by atoms with Crippen molar-refractivity contribution in [3.8, 4) is 27.0 Å². The Kier molecular flexibility index (Phi) is 4.34. The number of nitrogens with zero attached hydrogens (tertiary/aromatic N) is 2. The molecule has 23 heavy (non-hydrogen) atoms. The van der Waals surface area contributed by atoms with Crippen LogP contribution < -0.4 is 4.74 Å². The summed E-state index contributed by atoms with van der Waals surface area (Å²) in [4.78, 5) is 9.56. The van der Waals surface area contributed by atoms with Crippen molar-refractivity contribution in [1.82, 2.24) is 9.97 Å². The molecule has 0 radical (unpaired) electrons. The highest BCUT2D eigenvalue weighted by atomic mass is 35.7. The highest BCUT2D eigenvalue weighted by Gasteiger charge is 2.17. The van der Waals surface area contributed by atoms with Crippen LogP contribution in [0.5, 0.6) is 5.88 Å². The van der Waals surface area contributed by atoms with Gasteiger partial charge in [-0.1, -0.05) is 18.2 Å². The Balaban J connectivity index is 2.04. The van der Waals surface area contributed by atoms with Crippen LogP contribution >= 0.6 is 22.0 Å². The molecule has 118 valence electrons. The van der Waals surface area contributed by atoms with Gasteiger partial charge in [0, 0.05) is 16.9 Å². The lowest BCUT2D eigenvalue weighted by molar-refractivity contribution is 0.402. The Morgan fingerprint density at radius 1 is 1.13 bits per heavy atom. The van der Waals surface area contributed by atoms with E-state index in [2.05, 4.69) is 9.97 Å². The molecule has 0 unspecified atom stereocenters. The lowest BCUT2D eigenvalue weighted by Gasteiger charge is -2.01. The van der Waals surface area contributed by atoms with E-state index >= 15 is 0 Å². The molecule has 0 spiro atoms. The summed E-state index contributed by atoms with van der Waals surface area (Å²) in [7, 11) is 3.13. The van der Waals surface area contributed by atoms with Crippen LogP contribution in [0.2, 0.25) is 0 Å². The van der Waals surface area contributed by atoms with E-state index in [1.54, 1.807) is 25.4 Å². The van der Waals surface area contributed by atoms with Crippen LogP contribution in [0.15, 0.2) is 53.6 Å². The zero-order valence-corrected chi connectivity index (χ0v) is 14.3. The molecular formula is C15H11ClN2O3S2. The monoisotopic (exact) mass is 366 g/mol. The molecule has 1 aromatic carbocycles. The summed E-state index contributed by atoms with van der Waals surface area (Å²) in [6.07, 6.45) is 1.70. The molecular weight excluding hydrogens is 356 g/mol. The van der Waals surface area contributed by atoms with Crippen molar-refractivity contribution in [2.24, 2.45) is 0 Å². The fraction of sp³-hybridized carbons (Fsp3) is 0.0667. The summed E-state index contributed by atoms with van der Waals surface area (Å²) in [5.41, 5.74) is 1.55. The van der Waals surface area contributed by atoms with Gasteiger partial charge in [-0.15, -0.1) is 11.3 Å². The van der Waals surface area contributed by atoms with Gasteiger partial charge in [-0.25, -0.2) is 8.42 Å². The van der Waals surface area contributed by atoms with Crippen molar-refractivity contribution in [1.29, 1.82) is 0 Å². The highest BCUT2D eigenvalue weighted by Crippen LogP contribution is 2.39. The minimum absolute atomic E-state index is 0.0522. The number of ether oxygens (including phenoxy) is 1. The number of aromatic nitrogens is 2. The molecule has 0 aliphatic carbocycles. The molecule has 0 saturated carbocycles. The smallest absolute Gasteiger partial charge is 0.261 e. The number of methoxy groups -OCH3 is 1. The van der Waals surface area contributed by atoms with E-state index < -0.39 is 9.05 Å². The third-order valence-corrected chi connectivity index (χ3v) is 5.55. The zero-order chi connectivity index (χ0) is 16.4. The van der Waals surface area contributed by atoms with Gasteiger partial charge in [-0.2, -0.15) is 4.98 Å². The minimum atomic E-state index is -3.74. The van der Waals surface area contributed by atoms with Gasteiger partial charge in [0.05, 0.1) is 22.6 Å². The number of rotatable bonds is 4. The van der Waals surface area contributed by atoms with E-state index in [1.807, 2.05) is 18.2 Å². The van der Waals surface area contributed by atoms with Gasteiger partial charge in [0.25, 0.3) is 9.05 Å². The molecule has 0 aliphatic heterocycles. The first-order chi connectivity index (χ1) is 11.0. The van der Waals surface area contributed by atoms with Crippen molar-refractivity contribution in [2.75, 3.05) is 7.11 Å². The standard InChI is InChI=1S/C15H11ClN2O3S2/c1-21-14-13(10-5-7-11(8-6-10)23(16,19)20)22-15(18-14)12-4-2-3-9-17-12/h2-9H,1H3. The molecule has 0 aliphatic rings. The van der Waals surface area contributed by atoms with E-state index in [0.29, 0.717) is 5.88 Å². The first-order valence-corrected chi connectivity index (χ1v) is 9.63. The highest BCUT2D eigenvalue weighted by molar-refractivity contribution is 8.13. The van der Waals surface area contributed by atoms with E-state index in [9.17, 15) is 8.42 Å². The Bertz CT molecular complexity index is 923. The second kappa shape index (κ2) is 6.27. The van der Waals surface area contributed by atoms with Gasteiger partial charge in [-0.3, -0.25) is 4.98 Å². The van der Waals surface area contributed by atoms with Gasteiger partial charge in [-0.05, 0) is 29.8 Å².